The number of halogens is 2. The molecule has 39 heavy (non-hydrogen) atoms. The second-order valence-electron chi connectivity index (χ2n) is 8.93. The lowest BCUT2D eigenvalue weighted by Gasteiger charge is -2.23. The second-order valence-corrected chi connectivity index (χ2v) is 11.0. The Morgan fingerprint density at radius 1 is 1.05 bits per heavy atom. The van der Waals surface area contributed by atoms with E-state index in [0.29, 0.717) is 34.5 Å². The zero-order valence-corrected chi connectivity index (χ0v) is 23.5. The molecule has 1 aliphatic heterocycles. The summed E-state index contributed by atoms with van der Waals surface area (Å²) in [6.45, 7) is 3.76. The zero-order chi connectivity index (χ0) is 26.5. The molecule has 0 aliphatic carbocycles. The van der Waals surface area contributed by atoms with E-state index in [9.17, 15) is 8.42 Å². The minimum atomic E-state index is -3.90. The molecular formula is C27H28Cl2N6O3S. The van der Waals surface area contributed by atoms with Gasteiger partial charge in [-0.25, -0.2) is 23.4 Å². The first-order chi connectivity index (χ1) is 18.4. The van der Waals surface area contributed by atoms with E-state index in [4.69, 9.17) is 21.3 Å². The van der Waals surface area contributed by atoms with Gasteiger partial charge in [0.1, 0.15) is 10.6 Å². The summed E-state index contributed by atoms with van der Waals surface area (Å²) in [4.78, 5) is 13.5. The highest BCUT2D eigenvalue weighted by Gasteiger charge is 2.19. The van der Waals surface area contributed by atoms with Crippen LogP contribution in [0.2, 0.25) is 5.02 Å². The fourth-order valence-corrected chi connectivity index (χ4v) is 5.72. The summed E-state index contributed by atoms with van der Waals surface area (Å²) in [5, 5.41) is 6.91. The maximum Gasteiger partial charge on any atom is 0.263 e. The van der Waals surface area contributed by atoms with E-state index in [1.807, 2.05) is 19.1 Å². The summed E-state index contributed by atoms with van der Waals surface area (Å²) in [6.07, 6.45) is 5.49. The molecule has 1 aliphatic rings. The van der Waals surface area contributed by atoms with E-state index in [-0.39, 0.29) is 28.4 Å². The zero-order valence-electron chi connectivity index (χ0n) is 21.1. The van der Waals surface area contributed by atoms with Crippen molar-refractivity contribution in [1.29, 1.82) is 0 Å². The van der Waals surface area contributed by atoms with Crippen molar-refractivity contribution in [1.82, 2.24) is 20.3 Å². The molecule has 0 unspecified atom stereocenters. The van der Waals surface area contributed by atoms with Crippen molar-refractivity contribution in [3.05, 3.63) is 83.6 Å². The van der Waals surface area contributed by atoms with Gasteiger partial charge in [0.05, 0.1) is 22.0 Å². The number of rotatable bonds is 8. The Balaban J connectivity index is 0.00000353. The van der Waals surface area contributed by atoms with Gasteiger partial charge in [0.2, 0.25) is 11.8 Å². The number of aromatic nitrogens is 3. The van der Waals surface area contributed by atoms with Crippen LogP contribution in [-0.4, -0.2) is 42.5 Å². The number of nitrogens with one attached hydrogen (secondary N) is 3. The number of sulfonamides is 1. The average Bonchev–Trinajstić information content (AvgIpc) is 2.92. The Morgan fingerprint density at radius 3 is 2.69 bits per heavy atom. The van der Waals surface area contributed by atoms with Gasteiger partial charge in [-0.15, -0.1) is 12.4 Å². The molecule has 3 N–H and O–H groups in total. The molecule has 0 saturated carbocycles. The van der Waals surface area contributed by atoms with Gasteiger partial charge in [-0.05, 0) is 68.3 Å². The number of ether oxygens (including phenoxy) is 1. The first-order valence-electron chi connectivity index (χ1n) is 12.2. The Kier molecular flexibility index (Phi) is 9.24. The number of anilines is 2. The van der Waals surface area contributed by atoms with Crippen molar-refractivity contribution in [3.63, 3.8) is 0 Å². The maximum absolute atomic E-state index is 12.9. The smallest absolute Gasteiger partial charge is 0.263 e. The molecule has 2 aromatic carbocycles. The molecule has 12 heteroatoms. The maximum atomic E-state index is 12.9. The lowest BCUT2D eigenvalue weighted by Crippen LogP contribution is -2.38. The van der Waals surface area contributed by atoms with Crippen LogP contribution in [-0.2, 0) is 10.0 Å². The van der Waals surface area contributed by atoms with Crippen LogP contribution < -0.4 is 20.1 Å². The molecule has 5 rings (SSSR count). The third-order valence-corrected chi connectivity index (χ3v) is 7.99. The highest BCUT2D eigenvalue weighted by atomic mass is 35.5. The number of hydrogen-bond acceptors (Lipinski definition) is 8. The third kappa shape index (κ3) is 6.96. The van der Waals surface area contributed by atoms with Crippen LogP contribution in [0, 0.1) is 6.92 Å². The van der Waals surface area contributed by atoms with Gasteiger partial charge in [0.25, 0.3) is 10.0 Å². The van der Waals surface area contributed by atoms with Gasteiger partial charge < -0.3 is 15.4 Å². The average molecular weight is 588 g/mol. The van der Waals surface area contributed by atoms with E-state index in [0.717, 1.165) is 31.5 Å². The summed E-state index contributed by atoms with van der Waals surface area (Å²) in [5.74, 6) is 1.33. The largest absolute Gasteiger partial charge is 0.438 e. The predicted octanol–water partition coefficient (Wildman–Crippen LogP) is 5.68. The molecular weight excluding hydrogens is 559 g/mol. The molecule has 0 radical (unpaired) electrons. The Morgan fingerprint density at radius 2 is 1.90 bits per heavy atom. The summed E-state index contributed by atoms with van der Waals surface area (Å²) in [5.41, 5.74) is 2.47. The summed E-state index contributed by atoms with van der Waals surface area (Å²) in [7, 11) is -3.90. The number of aryl methyl sites for hydroxylation is 1. The molecule has 1 atom stereocenters. The van der Waals surface area contributed by atoms with Gasteiger partial charge in [-0.3, -0.25) is 4.72 Å². The van der Waals surface area contributed by atoms with Crippen molar-refractivity contribution in [2.75, 3.05) is 23.1 Å². The monoisotopic (exact) mass is 586 g/mol. The van der Waals surface area contributed by atoms with Crippen molar-refractivity contribution in [3.8, 4) is 22.9 Å². The number of benzene rings is 2. The van der Waals surface area contributed by atoms with E-state index in [2.05, 4.69) is 25.3 Å². The quantitative estimate of drug-likeness (QED) is 0.241. The predicted molar refractivity (Wildman–Crippen MR) is 156 cm³/mol. The number of pyridine rings is 1. The van der Waals surface area contributed by atoms with E-state index in [1.165, 1.54) is 12.1 Å². The van der Waals surface area contributed by atoms with Crippen molar-refractivity contribution in [2.45, 2.75) is 30.7 Å². The number of nitrogens with zero attached hydrogens (tertiary/aromatic N) is 3. The van der Waals surface area contributed by atoms with Gasteiger partial charge in [0.15, 0.2) is 0 Å². The highest BCUT2D eigenvalue weighted by molar-refractivity contribution is 7.92. The molecule has 1 fully saturated rings. The highest BCUT2D eigenvalue weighted by Crippen LogP contribution is 2.34. The lowest BCUT2D eigenvalue weighted by atomic mass is 10.1. The van der Waals surface area contributed by atoms with Crippen LogP contribution in [0.4, 0.5) is 11.6 Å². The molecule has 0 amide bonds. The molecule has 9 nitrogen and oxygen atoms in total. The van der Waals surface area contributed by atoms with Crippen LogP contribution in [0.15, 0.2) is 78.0 Å². The van der Waals surface area contributed by atoms with Crippen molar-refractivity contribution in [2.24, 2.45) is 0 Å². The van der Waals surface area contributed by atoms with Crippen LogP contribution >= 0.6 is 24.0 Å². The molecule has 0 spiro atoms. The molecule has 204 valence electrons. The van der Waals surface area contributed by atoms with E-state index >= 15 is 0 Å². The van der Waals surface area contributed by atoms with Gasteiger partial charge in [0, 0.05) is 31.0 Å². The minimum absolute atomic E-state index is 0. The van der Waals surface area contributed by atoms with E-state index in [1.54, 1.807) is 48.8 Å². The Bertz CT molecular complexity index is 1550. The molecule has 3 heterocycles. The Hall–Kier alpha value is -3.44. The van der Waals surface area contributed by atoms with Gasteiger partial charge in [-0.1, -0.05) is 29.8 Å². The summed E-state index contributed by atoms with van der Waals surface area (Å²) >= 11 is 6.11. The second kappa shape index (κ2) is 12.6. The van der Waals surface area contributed by atoms with Gasteiger partial charge in [-0.2, -0.15) is 0 Å². The fourth-order valence-electron chi connectivity index (χ4n) is 4.15. The number of hydrogen-bond donors (Lipinski definition) is 3. The molecule has 0 bridgehead atoms. The van der Waals surface area contributed by atoms with E-state index < -0.39 is 10.0 Å². The first kappa shape index (κ1) is 28.6. The topological polar surface area (TPSA) is 118 Å². The molecule has 4 aromatic rings. The lowest BCUT2D eigenvalue weighted by molar-refractivity contribution is 0.461. The summed E-state index contributed by atoms with van der Waals surface area (Å²) < 4.78 is 34.6. The molecule has 2 aromatic heterocycles. The SMILES string of the molecule is Cc1ccc(NS(=O)(=O)c2ccccc2Cl)cc1Oc1ncccc1-c1ccnc(N[C@H]2CCCNC2)n1.Cl. The molecule has 1 saturated heterocycles. The normalized spacial score (nSPS) is 15.2. The minimum Gasteiger partial charge on any atom is -0.438 e. The standard InChI is InChI=1S/C27H27ClN6O3S.ClH/c1-18-10-11-19(34-38(35,36)25-9-3-2-8-22(25)28)16-24(18)37-26-21(7-5-14-30-26)23-12-15-31-27(33-23)32-20-6-4-13-29-17-20;/h2-3,5,7-12,14-16,20,29,34H,4,6,13,17H2,1H3,(H,31,32,33);1H/t20-;/m0./s1. The fraction of sp³-hybridized carbons (Fsp3) is 0.222. The Labute approximate surface area is 238 Å². The summed E-state index contributed by atoms with van der Waals surface area (Å²) in [6, 6.07) is 17.1. The van der Waals surface area contributed by atoms with Crippen molar-refractivity contribution >= 4 is 45.7 Å². The van der Waals surface area contributed by atoms with Gasteiger partial charge >= 0.3 is 0 Å². The van der Waals surface area contributed by atoms with Crippen LogP contribution in [0.1, 0.15) is 18.4 Å². The first-order valence-corrected chi connectivity index (χ1v) is 14.1. The van der Waals surface area contributed by atoms with Crippen LogP contribution in [0.3, 0.4) is 0 Å². The van der Waals surface area contributed by atoms with Crippen LogP contribution in [0.5, 0.6) is 11.6 Å². The van der Waals surface area contributed by atoms with Crippen molar-refractivity contribution < 1.29 is 13.2 Å². The number of piperidine rings is 1. The third-order valence-electron chi connectivity index (χ3n) is 6.11. The van der Waals surface area contributed by atoms with Crippen LogP contribution in [0.25, 0.3) is 11.3 Å².